The fraction of sp³-hybridized carbons (Fsp3) is 0.263. The lowest BCUT2D eigenvalue weighted by Gasteiger charge is -2.17. The minimum Gasteiger partial charge on any atom is -0.481 e. The van der Waals surface area contributed by atoms with E-state index in [4.69, 9.17) is 4.74 Å². The van der Waals surface area contributed by atoms with E-state index < -0.39 is 6.10 Å². The Bertz CT molecular complexity index is 719. The average molecular weight is 326 g/mol. The van der Waals surface area contributed by atoms with Crippen molar-refractivity contribution in [3.05, 3.63) is 53.6 Å². The van der Waals surface area contributed by atoms with Gasteiger partial charge in [-0.15, -0.1) is 0 Å². The van der Waals surface area contributed by atoms with Gasteiger partial charge in [0.05, 0.1) is 0 Å². The van der Waals surface area contributed by atoms with Crippen LogP contribution < -0.4 is 15.4 Å². The Hall–Kier alpha value is -2.82. The van der Waals surface area contributed by atoms with Crippen molar-refractivity contribution in [2.45, 2.75) is 33.8 Å². The van der Waals surface area contributed by atoms with E-state index >= 15 is 0 Å². The molecule has 0 bridgehead atoms. The molecular weight excluding hydrogens is 304 g/mol. The average Bonchev–Trinajstić information content (AvgIpc) is 2.52. The van der Waals surface area contributed by atoms with Crippen molar-refractivity contribution in [1.82, 2.24) is 0 Å². The number of hydrogen-bond acceptors (Lipinski definition) is 3. The van der Waals surface area contributed by atoms with E-state index in [0.717, 1.165) is 16.8 Å². The van der Waals surface area contributed by atoms with Gasteiger partial charge in [0.25, 0.3) is 5.91 Å². The normalized spacial score (nSPS) is 11.5. The molecule has 126 valence electrons. The summed E-state index contributed by atoms with van der Waals surface area (Å²) in [7, 11) is 0. The standard InChI is InChI=1S/C19H22N2O3/c1-12-6-5-7-13(2)18(12)21-19(23)14(3)24-17-10-8-16(9-11-17)20-15(4)22/h5-11,14H,1-4H3,(H,20,22)(H,21,23). The second kappa shape index (κ2) is 7.64. The molecule has 0 fully saturated rings. The van der Waals surface area contributed by atoms with Crippen LogP contribution in [0, 0.1) is 13.8 Å². The topological polar surface area (TPSA) is 67.4 Å². The van der Waals surface area contributed by atoms with Crippen LogP contribution in [0.2, 0.25) is 0 Å². The molecule has 0 aliphatic rings. The maximum atomic E-state index is 12.3. The first-order valence-corrected chi connectivity index (χ1v) is 7.78. The molecule has 0 aliphatic carbocycles. The number of rotatable bonds is 5. The predicted molar refractivity (Wildman–Crippen MR) is 95.4 cm³/mol. The number of carbonyl (C=O) groups excluding carboxylic acids is 2. The summed E-state index contributed by atoms with van der Waals surface area (Å²) in [5, 5.41) is 5.59. The maximum absolute atomic E-state index is 12.3. The lowest BCUT2D eigenvalue weighted by Crippen LogP contribution is -2.30. The van der Waals surface area contributed by atoms with Gasteiger partial charge in [0.2, 0.25) is 5.91 Å². The maximum Gasteiger partial charge on any atom is 0.265 e. The van der Waals surface area contributed by atoms with Gasteiger partial charge in [-0.05, 0) is 56.2 Å². The monoisotopic (exact) mass is 326 g/mol. The lowest BCUT2D eigenvalue weighted by molar-refractivity contribution is -0.122. The largest absolute Gasteiger partial charge is 0.481 e. The minimum absolute atomic E-state index is 0.134. The van der Waals surface area contributed by atoms with E-state index in [-0.39, 0.29) is 11.8 Å². The summed E-state index contributed by atoms with van der Waals surface area (Å²) in [4.78, 5) is 23.3. The Balaban J connectivity index is 2.00. The SMILES string of the molecule is CC(=O)Nc1ccc(OC(C)C(=O)Nc2c(C)cccc2C)cc1. The Morgan fingerprint density at radius 3 is 2.08 bits per heavy atom. The third kappa shape index (κ3) is 4.59. The van der Waals surface area contributed by atoms with Crippen LogP contribution in [0.25, 0.3) is 0 Å². The van der Waals surface area contributed by atoms with Gasteiger partial charge in [0, 0.05) is 18.3 Å². The first-order chi connectivity index (χ1) is 11.4. The predicted octanol–water partition coefficient (Wildman–Crippen LogP) is 3.67. The third-order valence-corrected chi connectivity index (χ3v) is 3.59. The van der Waals surface area contributed by atoms with Gasteiger partial charge in [-0.2, -0.15) is 0 Å². The molecular formula is C19H22N2O3. The number of hydrogen-bond donors (Lipinski definition) is 2. The first-order valence-electron chi connectivity index (χ1n) is 7.78. The summed E-state index contributed by atoms with van der Waals surface area (Å²) < 4.78 is 5.66. The van der Waals surface area contributed by atoms with Crippen LogP contribution in [0.4, 0.5) is 11.4 Å². The Morgan fingerprint density at radius 2 is 1.54 bits per heavy atom. The van der Waals surface area contributed by atoms with Crippen LogP contribution in [-0.4, -0.2) is 17.9 Å². The molecule has 2 amide bonds. The highest BCUT2D eigenvalue weighted by atomic mass is 16.5. The molecule has 24 heavy (non-hydrogen) atoms. The van der Waals surface area contributed by atoms with Crippen LogP contribution in [-0.2, 0) is 9.59 Å². The molecule has 0 spiro atoms. The van der Waals surface area contributed by atoms with Crippen molar-refractivity contribution < 1.29 is 14.3 Å². The minimum atomic E-state index is -0.643. The molecule has 1 unspecified atom stereocenters. The fourth-order valence-electron chi connectivity index (χ4n) is 2.31. The van der Waals surface area contributed by atoms with E-state index in [2.05, 4.69) is 10.6 Å². The Kier molecular flexibility index (Phi) is 5.58. The van der Waals surface area contributed by atoms with Crippen molar-refractivity contribution in [3.8, 4) is 5.75 Å². The molecule has 0 saturated carbocycles. The molecule has 0 aromatic heterocycles. The van der Waals surface area contributed by atoms with Crippen molar-refractivity contribution in [2.75, 3.05) is 10.6 Å². The van der Waals surface area contributed by atoms with Crippen LogP contribution in [0.15, 0.2) is 42.5 Å². The van der Waals surface area contributed by atoms with Crippen molar-refractivity contribution >= 4 is 23.2 Å². The number of ether oxygens (including phenoxy) is 1. The van der Waals surface area contributed by atoms with Crippen LogP contribution in [0.5, 0.6) is 5.75 Å². The number of anilines is 2. The smallest absolute Gasteiger partial charge is 0.265 e. The summed E-state index contributed by atoms with van der Waals surface area (Å²) in [5.74, 6) is 0.219. The highest BCUT2D eigenvalue weighted by molar-refractivity contribution is 5.95. The van der Waals surface area contributed by atoms with Gasteiger partial charge >= 0.3 is 0 Å². The number of para-hydroxylation sites is 1. The zero-order valence-corrected chi connectivity index (χ0v) is 14.3. The highest BCUT2D eigenvalue weighted by Crippen LogP contribution is 2.21. The van der Waals surface area contributed by atoms with Crippen LogP contribution in [0.1, 0.15) is 25.0 Å². The van der Waals surface area contributed by atoms with E-state index in [0.29, 0.717) is 11.4 Å². The molecule has 0 radical (unpaired) electrons. The molecule has 2 rings (SSSR count). The Morgan fingerprint density at radius 1 is 0.958 bits per heavy atom. The molecule has 5 heteroatoms. The molecule has 2 aromatic rings. The second-order valence-corrected chi connectivity index (χ2v) is 5.72. The van der Waals surface area contributed by atoms with Gasteiger partial charge in [-0.3, -0.25) is 9.59 Å². The lowest BCUT2D eigenvalue weighted by atomic mass is 10.1. The molecule has 2 N–H and O–H groups in total. The second-order valence-electron chi connectivity index (χ2n) is 5.72. The van der Waals surface area contributed by atoms with Crippen molar-refractivity contribution in [3.63, 3.8) is 0 Å². The van der Waals surface area contributed by atoms with Gasteiger partial charge in [0.1, 0.15) is 5.75 Å². The number of benzene rings is 2. The van der Waals surface area contributed by atoms with Crippen molar-refractivity contribution in [2.24, 2.45) is 0 Å². The molecule has 0 aliphatic heterocycles. The zero-order chi connectivity index (χ0) is 17.7. The van der Waals surface area contributed by atoms with E-state index in [1.165, 1.54) is 6.92 Å². The van der Waals surface area contributed by atoms with Gasteiger partial charge in [0.15, 0.2) is 6.10 Å². The zero-order valence-electron chi connectivity index (χ0n) is 14.3. The van der Waals surface area contributed by atoms with E-state index in [1.807, 2.05) is 32.0 Å². The molecule has 2 aromatic carbocycles. The fourth-order valence-corrected chi connectivity index (χ4v) is 2.31. The third-order valence-electron chi connectivity index (χ3n) is 3.59. The van der Waals surface area contributed by atoms with Gasteiger partial charge in [-0.1, -0.05) is 18.2 Å². The molecule has 0 heterocycles. The Labute approximate surface area is 142 Å². The summed E-state index contributed by atoms with van der Waals surface area (Å²) in [6.07, 6.45) is -0.643. The van der Waals surface area contributed by atoms with Crippen LogP contribution >= 0.6 is 0 Å². The molecule has 5 nitrogen and oxygen atoms in total. The van der Waals surface area contributed by atoms with Gasteiger partial charge < -0.3 is 15.4 Å². The summed E-state index contributed by atoms with van der Waals surface area (Å²) in [6.45, 7) is 7.05. The quantitative estimate of drug-likeness (QED) is 0.881. The van der Waals surface area contributed by atoms with E-state index in [1.54, 1.807) is 31.2 Å². The molecule has 1 atom stereocenters. The summed E-state index contributed by atoms with van der Waals surface area (Å²) in [6, 6.07) is 12.8. The summed E-state index contributed by atoms with van der Waals surface area (Å²) >= 11 is 0. The highest BCUT2D eigenvalue weighted by Gasteiger charge is 2.16. The van der Waals surface area contributed by atoms with E-state index in [9.17, 15) is 9.59 Å². The van der Waals surface area contributed by atoms with Crippen LogP contribution in [0.3, 0.4) is 0 Å². The number of aryl methyl sites for hydroxylation is 2. The first kappa shape index (κ1) is 17.5. The van der Waals surface area contributed by atoms with Crippen molar-refractivity contribution in [1.29, 1.82) is 0 Å². The number of carbonyl (C=O) groups is 2. The number of nitrogens with one attached hydrogen (secondary N) is 2. The number of amides is 2. The summed E-state index contributed by atoms with van der Waals surface area (Å²) in [5.41, 5.74) is 3.52. The van der Waals surface area contributed by atoms with Gasteiger partial charge in [-0.25, -0.2) is 0 Å². The molecule has 0 saturated heterocycles.